The number of thiophene rings is 1. The molecule has 1 fully saturated rings. The standard InChI is InChI=1S/C24H23ClN4O4S2/c1-16-21-15-22(34-24(21)29(26-16)18-5-3-17(25)4-6-18)23(30)27-11-13-28(14-12-27)35(31,32)20-9-7-19(33-2)8-10-20/h3-10,15H,11-14H2,1-2H3. The molecular formula is C24H23ClN4O4S2. The number of piperazine rings is 1. The number of rotatable bonds is 5. The molecule has 11 heteroatoms. The van der Waals surface area contributed by atoms with Gasteiger partial charge in [0, 0.05) is 36.6 Å². The van der Waals surface area contributed by atoms with Crippen LogP contribution in [-0.4, -0.2) is 66.6 Å². The maximum absolute atomic E-state index is 13.3. The van der Waals surface area contributed by atoms with Crippen LogP contribution in [0.2, 0.25) is 5.02 Å². The number of carbonyl (C=O) groups excluding carboxylic acids is 1. The quantitative estimate of drug-likeness (QED) is 0.386. The third-order valence-electron chi connectivity index (χ3n) is 6.05. The SMILES string of the molecule is COc1ccc(S(=O)(=O)N2CCN(C(=O)c3cc4c(C)nn(-c5ccc(Cl)cc5)c4s3)CC2)cc1. The summed E-state index contributed by atoms with van der Waals surface area (Å²) in [6.07, 6.45) is 0. The van der Waals surface area contributed by atoms with Gasteiger partial charge in [0.2, 0.25) is 10.0 Å². The van der Waals surface area contributed by atoms with E-state index in [1.54, 1.807) is 29.2 Å². The van der Waals surface area contributed by atoms with Gasteiger partial charge in [-0.05, 0) is 61.5 Å². The summed E-state index contributed by atoms with van der Waals surface area (Å²) < 4.78 is 34.4. The number of fused-ring (bicyclic) bond motifs is 1. The highest BCUT2D eigenvalue weighted by Gasteiger charge is 2.31. The van der Waals surface area contributed by atoms with Crippen LogP contribution < -0.4 is 4.74 Å². The third kappa shape index (κ3) is 4.42. The smallest absolute Gasteiger partial charge is 0.264 e. The molecule has 0 N–H and O–H groups in total. The average molecular weight is 531 g/mol. The number of amides is 1. The molecule has 0 radical (unpaired) electrons. The Bertz CT molecular complexity index is 1490. The molecule has 0 aliphatic carbocycles. The fourth-order valence-electron chi connectivity index (χ4n) is 4.09. The van der Waals surface area contributed by atoms with Crippen molar-refractivity contribution >= 4 is 49.1 Å². The van der Waals surface area contributed by atoms with Gasteiger partial charge in [-0.1, -0.05) is 11.6 Å². The molecule has 8 nitrogen and oxygen atoms in total. The van der Waals surface area contributed by atoms with Crippen LogP contribution in [0.15, 0.2) is 59.5 Å². The third-order valence-corrected chi connectivity index (χ3v) is 9.31. The van der Waals surface area contributed by atoms with E-state index in [1.165, 1.54) is 34.9 Å². The predicted octanol–water partition coefficient (Wildman–Crippen LogP) is 4.20. The summed E-state index contributed by atoms with van der Waals surface area (Å²) in [4.78, 5) is 16.7. The van der Waals surface area contributed by atoms with Crippen LogP contribution in [0.1, 0.15) is 15.4 Å². The van der Waals surface area contributed by atoms with E-state index in [1.807, 2.05) is 29.8 Å². The fraction of sp³-hybridized carbons (Fsp3) is 0.250. The highest BCUT2D eigenvalue weighted by atomic mass is 35.5. The number of nitrogens with zero attached hydrogens (tertiary/aromatic N) is 4. The first-order valence-electron chi connectivity index (χ1n) is 11.0. The van der Waals surface area contributed by atoms with Crippen molar-refractivity contribution in [2.75, 3.05) is 33.3 Å². The van der Waals surface area contributed by atoms with E-state index >= 15 is 0 Å². The second-order valence-electron chi connectivity index (χ2n) is 8.17. The number of halogens is 1. The fourth-order valence-corrected chi connectivity index (χ4v) is 6.79. The lowest BCUT2D eigenvalue weighted by Crippen LogP contribution is -2.50. The first-order chi connectivity index (χ1) is 16.8. The van der Waals surface area contributed by atoms with Gasteiger partial charge < -0.3 is 9.64 Å². The van der Waals surface area contributed by atoms with E-state index < -0.39 is 10.0 Å². The number of hydrogen-bond acceptors (Lipinski definition) is 6. The van der Waals surface area contributed by atoms with Crippen molar-refractivity contribution in [2.45, 2.75) is 11.8 Å². The second-order valence-corrected chi connectivity index (χ2v) is 11.6. The molecule has 0 atom stereocenters. The van der Waals surface area contributed by atoms with Gasteiger partial charge in [0.15, 0.2) is 0 Å². The van der Waals surface area contributed by atoms with Gasteiger partial charge in [0.05, 0.1) is 28.3 Å². The maximum Gasteiger partial charge on any atom is 0.264 e. The van der Waals surface area contributed by atoms with Gasteiger partial charge in [-0.3, -0.25) is 4.79 Å². The number of methoxy groups -OCH3 is 1. The predicted molar refractivity (Wildman–Crippen MR) is 136 cm³/mol. The number of aromatic nitrogens is 2. The summed E-state index contributed by atoms with van der Waals surface area (Å²) in [5.41, 5.74) is 1.70. The topological polar surface area (TPSA) is 84.7 Å². The number of carbonyl (C=O) groups is 1. The lowest BCUT2D eigenvalue weighted by molar-refractivity contribution is 0.0703. The van der Waals surface area contributed by atoms with E-state index in [0.29, 0.717) is 28.7 Å². The van der Waals surface area contributed by atoms with Gasteiger partial charge in [0.25, 0.3) is 5.91 Å². The summed E-state index contributed by atoms with van der Waals surface area (Å²) in [5.74, 6) is 0.492. The van der Waals surface area contributed by atoms with Crippen LogP contribution in [0.25, 0.3) is 15.9 Å². The molecule has 35 heavy (non-hydrogen) atoms. The van der Waals surface area contributed by atoms with Gasteiger partial charge in [0.1, 0.15) is 10.6 Å². The molecule has 1 saturated heterocycles. The van der Waals surface area contributed by atoms with Crippen LogP contribution in [0.5, 0.6) is 5.75 Å². The summed E-state index contributed by atoms with van der Waals surface area (Å²) in [7, 11) is -2.10. The Morgan fingerprint density at radius 2 is 1.69 bits per heavy atom. The Morgan fingerprint density at radius 3 is 2.31 bits per heavy atom. The normalized spacial score (nSPS) is 15.0. The molecule has 3 heterocycles. The van der Waals surface area contributed by atoms with Crippen LogP contribution in [-0.2, 0) is 10.0 Å². The van der Waals surface area contributed by atoms with E-state index in [-0.39, 0.29) is 23.9 Å². The molecule has 2 aromatic carbocycles. The molecule has 1 amide bonds. The number of ether oxygens (including phenoxy) is 1. The van der Waals surface area contributed by atoms with Crippen LogP contribution >= 0.6 is 22.9 Å². The van der Waals surface area contributed by atoms with Gasteiger partial charge in [-0.25, -0.2) is 13.1 Å². The van der Waals surface area contributed by atoms with Crippen molar-refractivity contribution in [1.29, 1.82) is 0 Å². The van der Waals surface area contributed by atoms with Crippen molar-refractivity contribution < 1.29 is 17.9 Å². The molecule has 182 valence electrons. The molecular weight excluding hydrogens is 508 g/mol. The summed E-state index contributed by atoms with van der Waals surface area (Å²) in [6, 6.07) is 15.6. The minimum atomic E-state index is -3.64. The van der Waals surface area contributed by atoms with E-state index in [4.69, 9.17) is 16.3 Å². The lowest BCUT2D eigenvalue weighted by atomic mass is 10.2. The summed E-state index contributed by atoms with van der Waals surface area (Å²) in [5, 5.41) is 6.18. The monoisotopic (exact) mass is 530 g/mol. The molecule has 0 bridgehead atoms. The maximum atomic E-state index is 13.3. The summed E-state index contributed by atoms with van der Waals surface area (Å²) >= 11 is 7.40. The lowest BCUT2D eigenvalue weighted by Gasteiger charge is -2.33. The van der Waals surface area contributed by atoms with Crippen molar-refractivity contribution in [1.82, 2.24) is 19.0 Å². The largest absolute Gasteiger partial charge is 0.497 e. The molecule has 5 rings (SSSR count). The van der Waals surface area contributed by atoms with Crippen molar-refractivity contribution in [3.63, 3.8) is 0 Å². The first kappa shape index (κ1) is 23.8. The zero-order valence-electron chi connectivity index (χ0n) is 19.1. The number of hydrogen-bond donors (Lipinski definition) is 0. The minimum absolute atomic E-state index is 0.102. The van der Waals surface area contributed by atoms with Crippen molar-refractivity contribution in [3.8, 4) is 11.4 Å². The Balaban J connectivity index is 1.32. The minimum Gasteiger partial charge on any atom is -0.497 e. The van der Waals surface area contributed by atoms with E-state index in [0.717, 1.165) is 21.6 Å². The molecule has 0 unspecified atom stereocenters. The second kappa shape index (κ2) is 9.27. The molecule has 2 aromatic heterocycles. The highest BCUT2D eigenvalue weighted by molar-refractivity contribution is 7.89. The Hall–Kier alpha value is -2.92. The Labute approximate surface area is 212 Å². The number of sulfonamides is 1. The molecule has 0 saturated carbocycles. The average Bonchev–Trinajstić information content (AvgIpc) is 3.45. The number of aryl methyl sites for hydroxylation is 1. The van der Waals surface area contributed by atoms with Gasteiger partial charge in [-0.15, -0.1) is 11.3 Å². The van der Waals surface area contributed by atoms with E-state index in [2.05, 4.69) is 5.10 Å². The van der Waals surface area contributed by atoms with Gasteiger partial charge in [-0.2, -0.15) is 9.40 Å². The van der Waals surface area contributed by atoms with Gasteiger partial charge >= 0.3 is 0 Å². The van der Waals surface area contributed by atoms with Crippen molar-refractivity contribution in [3.05, 3.63) is 70.2 Å². The molecule has 1 aliphatic rings. The Morgan fingerprint density at radius 1 is 1.03 bits per heavy atom. The molecule has 4 aromatic rings. The molecule has 0 spiro atoms. The molecule has 1 aliphatic heterocycles. The Kier molecular flexibility index (Phi) is 6.30. The highest BCUT2D eigenvalue weighted by Crippen LogP contribution is 2.32. The van der Waals surface area contributed by atoms with Crippen LogP contribution in [0.4, 0.5) is 0 Å². The van der Waals surface area contributed by atoms with Crippen LogP contribution in [0, 0.1) is 6.92 Å². The zero-order valence-corrected chi connectivity index (χ0v) is 21.5. The van der Waals surface area contributed by atoms with Crippen LogP contribution in [0.3, 0.4) is 0 Å². The first-order valence-corrected chi connectivity index (χ1v) is 13.6. The van der Waals surface area contributed by atoms with Crippen molar-refractivity contribution in [2.24, 2.45) is 0 Å². The number of benzene rings is 2. The zero-order chi connectivity index (χ0) is 24.7. The summed E-state index contributed by atoms with van der Waals surface area (Å²) in [6.45, 7) is 3.04. The van der Waals surface area contributed by atoms with E-state index in [9.17, 15) is 13.2 Å².